The number of allylic oxidation sites excluding steroid dienone is 2. The molecule has 0 amide bonds. The summed E-state index contributed by atoms with van der Waals surface area (Å²) < 4.78 is 0. The van der Waals surface area contributed by atoms with Crippen molar-refractivity contribution in [3.05, 3.63) is 11.8 Å². The summed E-state index contributed by atoms with van der Waals surface area (Å²) in [5.74, 6) is 0.570. The zero-order valence-electron chi connectivity index (χ0n) is 6.38. The zero-order chi connectivity index (χ0) is 8.27. The molecule has 0 fully saturated rings. The van der Waals surface area contributed by atoms with E-state index in [0.717, 1.165) is 12.1 Å². The number of hydrogen-bond acceptors (Lipinski definition) is 2. The number of aliphatic imine (C=N–C) groups is 1. The van der Waals surface area contributed by atoms with Gasteiger partial charge in [-0.3, -0.25) is 9.79 Å². The minimum Gasteiger partial charge on any atom is -0.299 e. The van der Waals surface area contributed by atoms with Crippen LogP contribution in [0.3, 0.4) is 0 Å². The van der Waals surface area contributed by atoms with Gasteiger partial charge in [-0.1, -0.05) is 6.08 Å². The molecule has 0 aromatic carbocycles. The zero-order valence-corrected chi connectivity index (χ0v) is 7.14. The van der Waals surface area contributed by atoms with E-state index in [2.05, 4.69) is 4.99 Å². The highest BCUT2D eigenvalue weighted by Crippen LogP contribution is 2.15. The maximum Gasteiger partial charge on any atom is 0.137 e. The largest absolute Gasteiger partial charge is 0.299 e. The second-order valence-corrected chi connectivity index (χ2v) is 2.82. The summed E-state index contributed by atoms with van der Waals surface area (Å²) in [6.45, 7) is 1.59. The highest BCUT2D eigenvalue weighted by atomic mass is 35.5. The number of halogens is 1. The number of alkyl halides is 1. The molecule has 0 aliphatic carbocycles. The fourth-order valence-corrected chi connectivity index (χ4v) is 1.15. The van der Waals surface area contributed by atoms with Crippen LogP contribution in [0.5, 0.6) is 0 Å². The minimum atomic E-state index is 0.00116. The normalized spacial score (nSPS) is 23.1. The fourth-order valence-electron chi connectivity index (χ4n) is 0.989. The molecule has 60 valence electrons. The molecule has 1 unspecified atom stereocenters. The highest BCUT2D eigenvalue weighted by Gasteiger charge is 2.13. The summed E-state index contributed by atoms with van der Waals surface area (Å²) in [6.07, 6.45) is 4.31. The van der Waals surface area contributed by atoms with Gasteiger partial charge in [0.1, 0.15) is 5.78 Å². The van der Waals surface area contributed by atoms with Crippen molar-refractivity contribution in [2.75, 3.05) is 5.88 Å². The maximum atomic E-state index is 10.9. The molecule has 0 N–H and O–H groups in total. The maximum absolute atomic E-state index is 10.9. The van der Waals surface area contributed by atoms with Gasteiger partial charge in [-0.25, -0.2) is 0 Å². The van der Waals surface area contributed by atoms with Crippen molar-refractivity contribution in [2.24, 2.45) is 10.9 Å². The van der Waals surface area contributed by atoms with E-state index in [9.17, 15) is 4.79 Å². The Kier molecular flexibility index (Phi) is 2.83. The van der Waals surface area contributed by atoms with Crippen molar-refractivity contribution in [3.63, 3.8) is 0 Å². The van der Waals surface area contributed by atoms with Crippen molar-refractivity contribution in [3.8, 4) is 0 Å². The molecule has 1 rings (SSSR count). The van der Waals surface area contributed by atoms with Crippen molar-refractivity contribution < 1.29 is 4.79 Å². The first-order valence-electron chi connectivity index (χ1n) is 3.53. The Hall–Kier alpha value is -0.630. The molecule has 0 saturated carbocycles. The first-order chi connectivity index (χ1) is 5.24. The Labute approximate surface area is 71.0 Å². The van der Waals surface area contributed by atoms with Crippen molar-refractivity contribution >= 4 is 23.6 Å². The number of Topliss-reactive ketones (excluding diaryl/α,β-unsaturated/α-hetero) is 1. The average Bonchev–Trinajstić information content (AvgIpc) is 2.05. The van der Waals surface area contributed by atoms with E-state index in [-0.39, 0.29) is 11.7 Å². The summed E-state index contributed by atoms with van der Waals surface area (Å²) >= 11 is 5.56. The first kappa shape index (κ1) is 8.47. The van der Waals surface area contributed by atoms with Crippen LogP contribution in [0.2, 0.25) is 0 Å². The molecule has 1 aliphatic rings. The molecule has 1 heterocycles. The molecule has 0 saturated heterocycles. The quantitative estimate of drug-likeness (QED) is 0.583. The minimum absolute atomic E-state index is 0.00116. The molecular formula is C8H10ClNO. The SMILES string of the molecule is CC(=O)C1C=C(CCl)N=CC1. The van der Waals surface area contributed by atoms with Crippen LogP contribution < -0.4 is 0 Å². The smallest absolute Gasteiger partial charge is 0.137 e. The number of rotatable bonds is 2. The summed E-state index contributed by atoms with van der Waals surface area (Å²) in [7, 11) is 0. The lowest BCUT2D eigenvalue weighted by atomic mass is 9.99. The van der Waals surface area contributed by atoms with Gasteiger partial charge in [-0.05, 0) is 13.3 Å². The molecule has 0 bridgehead atoms. The molecule has 11 heavy (non-hydrogen) atoms. The molecule has 2 nitrogen and oxygen atoms in total. The summed E-state index contributed by atoms with van der Waals surface area (Å²) in [4.78, 5) is 14.9. The van der Waals surface area contributed by atoms with Crippen LogP contribution in [0, 0.1) is 5.92 Å². The number of nitrogens with zero attached hydrogens (tertiary/aromatic N) is 1. The van der Waals surface area contributed by atoms with Crippen LogP contribution in [-0.4, -0.2) is 17.9 Å². The Morgan fingerprint density at radius 1 is 1.91 bits per heavy atom. The number of ketones is 1. The monoisotopic (exact) mass is 171 g/mol. The van der Waals surface area contributed by atoms with E-state index in [0.29, 0.717) is 5.88 Å². The predicted octanol–water partition coefficient (Wildman–Crippen LogP) is 1.79. The van der Waals surface area contributed by atoms with Gasteiger partial charge in [0.05, 0.1) is 11.6 Å². The number of carbonyl (C=O) groups is 1. The number of carbonyl (C=O) groups excluding carboxylic acids is 1. The Morgan fingerprint density at radius 2 is 2.64 bits per heavy atom. The topological polar surface area (TPSA) is 29.4 Å². The standard InChI is InChI=1S/C8H10ClNO/c1-6(11)7-2-3-10-8(4-7)5-9/h3-4,7H,2,5H2,1H3. The van der Waals surface area contributed by atoms with E-state index >= 15 is 0 Å². The van der Waals surface area contributed by atoms with Gasteiger partial charge in [-0.15, -0.1) is 11.6 Å². The van der Waals surface area contributed by atoms with E-state index in [4.69, 9.17) is 11.6 Å². The van der Waals surface area contributed by atoms with Gasteiger partial charge >= 0.3 is 0 Å². The molecule has 3 heteroatoms. The molecule has 0 aromatic rings. The Morgan fingerprint density at radius 3 is 3.18 bits per heavy atom. The van der Waals surface area contributed by atoms with Crippen LogP contribution in [-0.2, 0) is 4.79 Å². The van der Waals surface area contributed by atoms with Crippen molar-refractivity contribution in [1.29, 1.82) is 0 Å². The molecule has 1 aliphatic heterocycles. The second-order valence-electron chi connectivity index (χ2n) is 2.56. The van der Waals surface area contributed by atoms with Crippen LogP contribution in [0.1, 0.15) is 13.3 Å². The highest BCUT2D eigenvalue weighted by molar-refractivity contribution is 6.19. The predicted molar refractivity (Wildman–Crippen MR) is 46.1 cm³/mol. The van der Waals surface area contributed by atoms with Gasteiger partial charge in [0.25, 0.3) is 0 Å². The van der Waals surface area contributed by atoms with E-state index < -0.39 is 0 Å². The van der Waals surface area contributed by atoms with E-state index in [1.807, 2.05) is 6.08 Å². The molecule has 0 spiro atoms. The second kappa shape index (κ2) is 3.67. The molecule has 0 radical (unpaired) electrons. The van der Waals surface area contributed by atoms with Crippen LogP contribution >= 0.6 is 11.6 Å². The molecule has 1 atom stereocenters. The first-order valence-corrected chi connectivity index (χ1v) is 4.07. The third-order valence-electron chi connectivity index (χ3n) is 1.67. The third-order valence-corrected chi connectivity index (χ3v) is 1.94. The average molecular weight is 172 g/mol. The summed E-state index contributed by atoms with van der Waals surface area (Å²) in [6, 6.07) is 0. The van der Waals surface area contributed by atoms with Gasteiger partial charge in [-0.2, -0.15) is 0 Å². The van der Waals surface area contributed by atoms with Crippen LogP contribution in [0.25, 0.3) is 0 Å². The summed E-state index contributed by atoms with van der Waals surface area (Å²) in [5, 5.41) is 0. The Balaban J connectivity index is 2.68. The van der Waals surface area contributed by atoms with E-state index in [1.165, 1.54) is 0 Å². The third kappa shape index (κ3) is 2.15. The van der Waals surface area contributed by atoms with Crippen molar-refractivity contribution in [2.45, 2.75) is 13.3 Å². The lowest BCUT2D eigenvalue weighted by Crippen LogP contribution is -2.12. The van der Waals surface area contributed by atoms with Crippen LogP contribution in [0.15, 0.2) is 16.8 Å². The fraction of sp³-hybridized carbons (Fsp3) is 0.500. The van der Waals surface area contributed by atoms with Gasteiger partial charge in [0.2, 0.25) is 0 Å². The van der Waals surface area contributed by atoms with Crippen LogP contribution in [0.4, 0.5) is 0 Å². The lowest BCUT2D eigenvalue weighted by Gasteiger charge is -2.10. The van der Waals surface area contributed by atoms with Gasteiger partial charge < -0.3 is 0 Å². The molecular weight excluding hydrogens is 162 g/mol. The molecule has 0 aromatic heterocycles. The summed E-state index contributed by atoms with van der Waals surface area (Å²) in [5.41, 5.74) is 0.804. The van der Waals surface area contributed by atoms with Gasteiger partial charge in [0, 0.05) is 12.1 Å². The lowest BCUT2D eigenvalue weighted by molar-refractivity contribution is -0.119. The Bertz CT molecular complexity index is 220. The number of hydrogen-bond donors (Lipinski definition) is 0. The van der Waals surface area contributed by atoms with E-state index in [1.54, 1.807) is 13.1 Å². The van der Waals surface area contributed by atoms with Gasteiger partial charge in [0.15, 0.2) is 0 Å². The van der Waals surface area contributed by atoms with Crippen molar-refractivity contribution in [1.82, 2.24) is 0 Å².